The van der Waals surface area contributed by atoms with Crippen molar-refractivity contribution < 1.29 is 33.8 Å². The zero-order chi connectivity index (χ0) is 28.4. The Morgan fingerprint density at radius 3 is 2.31 bits per heavy atom. The van der Waals surface area contributed by atoms with Gasteiger partial charge in [-0.25, -0.2) is 0 Å². The number of carbonyl (C=O) groups excluding carboxylic acids is 2. The molecule has 1 saturated heterocycles. The zero-order valence-corrected chi connectivity index (χ0v) is 22.9. The Morgan fingerprint density at radius 2 is 1.77 bits per heavy atom. The maximum Gasteiger partial charge on any atom is 0.310 e. The summed E-state index contributed by atoms with van der Waals surface area (Å²) in [6.07, 6.45) is 0.129. The number of nitrogens with zero attached hydrogens (tertiary/aromatic N) is 1. The molecule has 0 atom stereocenters. The number of hydrogen-bond donors (Lipinski definition) is 4. The molecule has 0 unspecified atom stereocenters. The van der Waals surface area contributed by atoms with E-state index in [1.807, 2.05) is 13.8 Å². The molecule has 0 radical (unpaired) electrons. The molecule has 1 aliphatic heterocycles. The van der Waals surface area contributed by atoms with Gasteiger partial charge in [-0.05, 0) is 42.5 Å². The summed E-state index contributed by atoms with van der Waals surface area (Å²) in [6, 6.07) is 9.94. The SMILES string of the molecule is C1COCCN1.CCNC(=O)c1noc(-c2cc(C(C)C)c(O)cc2O)c1-c1ccc(CC(=O)OCC)cc1. The first-order chi connectivity index (χ1) is 18.8. The molecule has 0 aliphatic carbocycles. The highest BCUT2D eigenvalue weighted by Gasteiger charge is 2.27. The average Bonchev–Trinajstić information content (AvgIpc) is 3.35. The van der Waals surface area contributed by atoms with Crippen LogP contribution in [0.4, 0.5) is 0 Å². The number of aromatic hydroxyl groups is 2. The molecule has 210 valence electrons. The Balaban J connectivity index is 0.000000617. The standard InChI is InChI=1S/C25H28N2O6.C4H9NO/c1-5-26-25(31)23-22(16-9-7-15(8-10-16)11-21(30)32-6-2)24(33-27-23)18-12-17(14(3)4)19(28)13-20(18)29;1-3-6-4-2-5-1/h7-10,12-14,28-29H,5-6,11H2,1-4H3,(H,26,31);5H,1-4H2. The molecule has 0 bridgehead atoms. The van der Waals surface area contributed by atoms with Crippen LogP contribution in [0.5, 0.6) is 11.5 Å². The van der Waals surface area contributed by atoms with Crippen molar-refractivity contribution in [3.63, 3.8) is 0 Å². The van der Waals surface area contributed by atoms with Gasteiger partial charge in [0.1, 0.15) is 11.5 Å². The fourth-order valence-corrected chi connectivity index (χ4v) is 4.06. The van der Waals surface area contributed by atoms with Crippen molar-refractivity contribution in [2.75, 3.05) is 39.5 Å². The van der Waals surface area contributed by atoms with Gasteiger partial charge in [0.25, 0.3) is 5.91 Å². The van der Waals surface area contributed by atoms with Crippen molar-refractivity contribution in [3.8, 4) is 33.9 Å². The largest absolute Gasteiger partial charge is 0.508 e. The van der Waals surface area contributed by atoms with Gasteiger partial charge in [0, 0.05) is 25.7 Å². The Labute approximate surface area is 228 Å². The van der Waals surface area contributed by atoms with Crippen LogP contribution in [0.3, 0.4) is 0 Å². The van der Waals surface area contributed by atoms with Crippen molar-refractivity contribution in [2.45, 2.75) is 40.0 Å². The highest BCUT2D eigenvalue weighted by Crippen LogP contribution is 2.43. The summed E-state index contributed by atoms with van der Waals surface area (Å²) in [5, 5.41) is 30.6. The van der Waals surface area contributed by atoms with Crippen molar-refractivity contribution in [3.05, 3.63) is 53.2 Å². The number of phenols is 2. The lowest BCUT2D eigenvalue weighted by atomic mass is 9.93. The number of carbonyl (C=O) groups is 2. The maximum atomic E-state index is 12.7. The fourth-order valence-electron chi connectivity index (χ4n) is 4.06. The first-order valence-electron chi connectivity index (χ1n) is 13.1. The van der Waals surface area contributed by atoms with Crippen molar-refractivity contribution in [1.29, 1.82) is 0 Å². The minimum atomic E-state index is -0.416. The molecule has 1 aliphatic rings. The quantitative estimate of drug-likeness (QED) is 0.312. The monoisotopic (exact) mass is 539 g/mol. The van der Waals surface area contributed by atoms with Gasteiger partial charge in [0.05, 0.1) is 37.4 Å². The number of ether oxygens (including phenoxy) is 2. The Kier molecular flexibility index (Phi) is 10.9. The molecule has 4 N–H and O–H groups in total. The molecule has 4 rings (SSSR count). The molecule has 1 aromatic heterocycles. The van der Waals surface area contributed by atoms with Crippen LogP contribution in [0.25, 0.3) is 22.5 Å². The van der Waals surface area contributed by atoms with Crippen LogP contribution in [-0.2, 0) is 20.7 Å². The second kappa shape index (κ2) is 14.3. The lowest BCUT2D eigenvalue weighted by molar-refractivity contribution is -0.142. The highest BCUT2D eigenvalue weighted by molar-refractivity contribution is 6.02. The van der Waals surface area contributed by atoms with Crippen LogP contribution >= 0.6 is 0 Å². The third-order valence-corrected chi connectivity index (χ3v) is 6.00. The summed E-state index contributed by atoms with van der Waals surface area (Å²) in [7, 11) is 0. The number of esters is 1. The highest BCUT2D eigenvalue weighted by atomic mass is 16.5. The topological polar surface area (TPSA) is 143 Å². The summed E-state index contributed by atoms with van der Waals surface area (Å²) in [6.45, 7) is 11.9. The Bertz CT molecular complexity index is 1240. The van der Waals surface area contributed by atoms with E-state index in [9.17, 15) is 19.8 Å². The molecule has 1 amide bonds. The summed E-state index contributed by atoms with van der Waals surface area (Å²) in [4.78, 5) is 24.5. The second-order valence-corrected chi connectivity index (χ2v) is 9.22. The van der Waals surface area contributed by atoms with E-state index >= 15 is 0 Å². The summed E-state index contributed by atoms with van der Waals surface area (Å²) >= 11 is 0. The van der Waals surface area contributed by atoms with Gasteiger partial charge in [0.2, 0.25) is 0 Å². The maximum absolute atomic E-state index is 12.7. The first-order valence-corrected chi connectivity index (χ1v) is 13.1. The van der Waals surface area contributed by atoms with E-state index in [4.69, 9.17) is 14.0 Å². The van der Waals surface area contributed by atoms with Crippen LogP contribution in [0.1, 0.15) is 55.2 Å². The van der Waals surface area contributed by atoms with E-state index in [0.717, 1.165) is 31.9 Å². The molecule has 0 saturated carbocycles. The third-order valence-electron chi connectivity index (χ3n) is 6.00. The van der Waals surface area contributed by atoms with Crippen LogP contribution in [0.2, 0.25) is 0 Å². The molecule has 2 aromatic carbocycles. The second-order valence-electron chi connectivity index (χ2n) is 9.22. The van der Waals surface area contributed by atoms with E-state index in [1.54, 1.807) is 44.2 Å². The van der Waals surface area contributed by atoms with E-state index in [1.165, 1.54) is 6.07 Å². The fraction of sp³-hybridized carbons (Fsp3) is 0.414. The minimum absolute atomic E-state index is 0.0132. The predicted octanol–water partition coefficient (Wildman–Crippen LogP) is 4.00. The van der Waals surface area contributed by atoms with Crippen LogP contribution in [0.15, 0.2) is 40.9 Å². The molecule has 1 fully saturated rings. The van der Waals surface area contributed by atoms with Crippen LogP contribution in [-0.4, -0.2) is 66.7 Å². The summed E-state index contributed by atoms with van der Waals surface area (Å²) in [5.41, 5.74) is 2.78. The third kappa shape index (κ3) is 7.81. The van der Waals surface area contributed by atoms with Gasteiger partial charge < -0.3 is 34.8 Å². The number of phenolic OH excluding ortho intramolecular Hbond substituents is 2. The van der Waals surface area contributed by atoms with Crippen LogP contribution in [0, 0.1) is 0 Å². The number of nitrogens with one attached hydrogen (secondary N) is 2. The number of morpholine rings is 1. The van der Waals surface area contributed by atoms with Gasteiger partial charge in [-0.3, -0.25) is 9.59 Å². The summed E-state index contributed by atoms with van der Waals surface area (Å²) < 4.78 is 15.6. The lowest BCUT2D eigenvalue weighted by Gasteiger charge is -2.12. The summed E-state index contributed by atoms with van der Waals surface area (Å²) in [5.74, 6) is -0.778. The smallest absolute Gasteiger partial charge is 0.310 e. The van der Waals surface area contributed by atoms with Crippen molar-refractivity contribution >= 4 is 11.9 Å². The van der Waals surface area contributed by atoms with Gasteiger partial charge in [-0.1, -0.05) is 43.3 Å². The molecule has 3 aromatic rings. The van der Waals surface area contributed by atoms with Gasteiger partial charge in [0.15, 0.2) is 11.5 Å². The molecule has 2 heterocycles. The van der Waals surface area contributed by atoms with Gasteiger partial charge in [-0.2, -0.15) is 0 Å². The molecular weight excluding hydrogens is 502 g/mol. The Morgan fingerprint density at radius 1 is 1.08 bits per heavy atom. The van der Waals surface area contributed by atoms with E-state index in [0.29, 0.717) is 35.4 Å². The number of amides is 1. The minimum Gasteiger partial charge on any atom is -0.508 e. The predicted molar refractivity (Wildman–Crippen MR) is 147 cm³/mol. The molecule has 0 spiro atoms. The van der Waals surface area contributed by atoms with Gasteiger partial charge in [-0.15, -0.1) is 0 Å². The molecule has 10 heteroatoms. The number of hydrogen-bond acceptors (Lipinski definition) is 9. The zero-order valence-electron chi connectivity index (χ0n) is 22.9. The number of aromatic nitrogens is 1. The number of benzene rings is 2. The molecule has 10 nitrogen and oxygen atoms in total. The van der Waals surface area contributed by atoms with E-state index in [-0.39, 0.29) is 41.3 Å². The lowest BCUT2D eigenvalue weighted by Crippen LogP contribution is -2.30. The average molecular weight is 540 g/mol. The van der Waals surface area contributed by atoms with E-state index in [2.05, 4.69) is 15.8 Å². The van der Waals surface area contributed by atoms with E-state index < -0.39 is 5.91 Å². The van der Waals surface area contributed by atoms with Crippen LogP contribution < -0.4 is 10.6 Å². The van der Waals surface area contributed by atoms with Crippen molar-refractivity contribution in [2.24, 2.45) is 0 Å². The normalized spacial score (nSPS) is 12.9. The molecule has 39 heavy (non-hydrogen) atoms. The first kappa shape index (κ1) is 29.7. The Hall–Kier alpha value is -3.89. The van der Waals surface area contributed by atoms with Crippen molar-refractivity contribution in [1.82, 2.24) is 15.8 Å². The van der Waals surface area contributed by atoms with Gasteiger partial charge >= 0.3 is 5.97 Å². The number of rotatable bonds is 8. The molecular formula is C29H37N3O7.